The second-order valence-corrected chi connectivity index (χ2v) is 5.88. The van der Waals surface area contributed by atoms with Gasteiger partial charge in [0, 0.05) is 5.69 Å². The summed E-state index contributed by atoms with van der Waals surface area (Å²) in [6.45, 7) is 2.84. The van der Waals surface area contributed by atoms with Gasteiger partial charge in [-0.25, -0.2) is 4.68 Å². The van der Waals surface area contributed by atoms with Crippen LogP contribution in [0.1, 0.15) is 42.1 Å². The number of fused-ring (bicyclic) bond motifs is 1. The summed E-state index contributed by atoms with van der Waals surface area (Å²) in [7, 11) is 0. The van der Waals surface area contributed by atoms with Crippen LogP contribution < -0.4 is 5.73 Å². The van der Waals surface area contributed by atoms with Gasteiger partial charge in [-0.15, -0.1) is 0 Å². The predicted molar refractivity (Wildman–Crippen MR) is 82.7 cm³/mol. The number of nitrogens with zero attached hydrogens (tertiary/aromatic N) is 2. The summed E-state index contributed by atoms with van der Waals surface area (Å²) in [6, 6.07) is 7.90. The van der Waals surface area contributed by atoms with E-state index in [1.54, 1.807) is 0 Å². The Morgan fingerprint density at radius 2 is 2.20 bits per heavy atom. The van der Waals surface area contributed by atoms with Crippen LogP contribution in [0.25, 0.3) is 5.69 Å². The highest BCUT2D eigenvalue weighted by atomic mass is 35.5. The van der Waals surface area contributed by atoms with Gasteiger partial charge < -0.3 is 5.73 Å². The zero-order valence-corrected chi connectivity index (χ0v) is 12.5. The van der Waals surface area contributed by atoms with Crippen molar-refractivity contribution in [2.75, 3.05) is 6.54 Å². The zero-order chi connectivity index (χ0) is 14.1. The van der Waals surface area contributed by atoms with E-state index in [9.17, 15) is 0 Å². The molecular weight excluding hydrogens is 270 g/mol. The molecule has 1 aromatic heterocycles. The lowest BCUT2D eigenvalue weighted by Gasteiger charge is -2.23. The van der Waals surface area contributed by atoms with E-state index in [-0.39, 0.29) is 0 Å². The average Bonchev–Trinajstić information content (AvgIpc) is 2.78. The molecule has 1 aliphatic rings. The normalized spacial score (nSPS) is 18.1. The van der Waals surface area contributed by atoms with Gasteiger partial charge in [0.15, 0.2) is 0 Å². The summed E-state index contributed by atoms with van der Waals surface area (Å²) >= 11 is 6.33. The fourth-order valence-corrected chi connectivity index (χ4v) is 3.55. The summed E-state index contributed by atoms with van der Waals surface area (Å²) in [4.78, 5) is 0. The number of benzene rings is 1. The quantitative estimate of drug-likeness (QED) is 0.938. The summed E-state index contributed by atoms with van der Waals surface area (Å²) < 4.78 is 2.04. The van der Waals surface area contributed by atoms with E-state index in [2.05, 4.69) is 6.92 Å². The van der Waals surface area contributed by atoms with Gasteiger partial charge in [0.2, 0.25) is 0 Å². The first-order valence-corrected chi connectivity index (χ1v) is 7.63. The van der Waals surface area contributed by atoms with Crippen LogP contribution >= 0.6 is 11.6 Å². The van der Waals surface area contributed by atoms with E-state index in [1.807, 2.05) is 28.9 Å². The van der Waals surface area contributed by atoms with Gasteiger partial charge in [-0.2, -0.15) is 5.10 Å². The second-order valence-electron chi connectivity index (χ2n) is 5.48. The molecule has 1 atom stereocenters. The second kappa shape index (κ2) is 5.58. The smallest absolute Gasteiger partial charge is 0.0835 e. The number of nitrogens with two attached hydrogens (primary N) is 1. The Morgan fingerprint density at radius 3 is 2.95 bits per heavy atom. The van der Waals surface area contributed by atoms with Crippen LogP contribution in [0.2, 0.25) is 5.02 Å². The number of aryl methyl sites for hydroxylation is 1. The third kappa shape index (κ3) is 2.25. The molecule has 1 aromatic carbocycles. The van der Waals surface area contributed by atoms with Gasteiger partial charge in [-0.05, 0) is 62.8 Å². The predicted octanol–water partition coefficient (Wildman–Crippen LogP) is 3.60. The van der Waals surface area contributed by atoms with Gasteiger partial charge in [0.1, 0.15) is 0 Å². The third-order valence-corrected chi connectivity index (χ3v) is 4.50. The first kappa shape index (κ1) is 13.7. The number of hydrogen-bond donors (Lipinski definition) is 1. The van der Waals surface area contributed by atoms with E-state index in [4.69, 9.17) is 22.4 Å². The molecule has 0 radical (unpaired) electrons. The molecule has 20 heavy (non-hydrogen) atoms. The van der Waals surface area contributed by atoms with Gasteiger partial charge in [0.05, 0.1) is 16.4 Å². The molecule has 0 aliphatic heterocycles. The Balaban J connectivity index is 2.11. The highest BCUT2D eigenvalue weighted by Crippen LogP contribution is 2.37. The zero-order valence-electron chi connectivity index (χ0n) is 11.8. The largest absolute Gasteiger partial charge is 0.330 e. The van der Waals surface area contributed by atoms with Crippen LogP contribution in [0.4, 0.5) is 0 Å². The van der Waals surface area contributed by atoms with Crippen LogP contribution in [0, 0.1) is 6.92 Å². The maximum atomic E-state index is 6.33. The number of halogens is 1. The van der Waals surface area contributed by atoms with Gasteiger partial charge in [-0.1, -0.05) is 23.7 Å². The van der Waals surface area contributed by atoms with Crippen molar-refractivity contribution < 1.29 is 0 Å². The van der Waals surface area contributed by atoms with Crippen molar-refractivity contribution in [3.8, 4) is 5.69 Å². The van der Waals surface area contributed by atoms with Crippen LogP contribution in [-0.2, 0) is 6.42 Å². The van der Waals surface area contributed by atoms with E-state index in [0.717, 1.165) is 35.8 Å². The maximum absolute atomic E-state index is 6.33. The molecule has 0 bridgehead atoms. The van der Waals surface area contributed by atoms with Crippen molar-refractivity contribution in [1.82, 2.24) is 9.78 Å². The lowest BCUT2D eigenvalue weighted by Crippen LogP contribution is -2.15. The van der Waals surface area contributed by atoms with Crippen molar-refractivity contribution in [3.05, 3.63) is 46.2 Å². The molecule has 0 saturated carbocycles. The molecule has 2 aromatic rings. The first-order chi connectivity index (χ1) is 9.72. The molecule has 0 spiro atoms. The van der Waals surface area contributed by atoms with E-state index >= 15 is 0 Å². The number of aromatic nitrogens is 2. The van der Waals surface area contributed by atoms with Crippen molar-refractivity contribution >= 4 is 11.6 Å². The Labute approximate surface area is 124 Å². The standard InChI is InChI=1S/C16H20ClN3/c1-11-16-12(9-10-18)5-4-8-15(16)20(19-11)14-7-3-2-6-13(14)17/h2-3,6-7,12H,4-5,8-10,18H2,1H3. The topological polar surface area (TPSA) is 43.8 Å². The molecule has 0 fully saturated rings. The summed E-state index contributed by atoms with van der Waals surface area (Å²) in [5.41, 5.74) is 10.6. The van der Waals surface area contributed by atoms with Gasteiger partial charge >= 0.3 is 0 Å². The highest BCUT2D eigenvalue weighted by Gasteiger charge is 2.27. The molecule has 1 unspecified atom stereocenters. The SMILES string of the molecule is Cc1nn(-c2ccccc2Cl)c2c1C(CCN)CCC2. The molecule has 0 saturated heterocycles. The molecule has 1 aliphatic carbocycles. The fraction of sp³-hybridized carbons (Fsp3) is 0.438. The Kier molecular flexibility index (Phi) is 3.81. The first-order valence-electron chi connectivity index (χ1n) is 7.25. The molecule has 4 heteroatoms. The highest BCUT2D eigenvalue weighted by molar-refractivity contribution is 6.32. The Hall–Kier alpha value is -1.32. The van der Waals surface area contributed by atoms with Crippen LogP contribution in [0.3, 0.4) is 0 Å². The number of rotatable bonds is 3. The minimum atomic E-state index is 0.556. The van der Waals surface area contributed by atoms with Crippen LogP contribution in [0.15, 0.2) is 24.3 Å². The van der Waals surface area contributed by atoms with Crippen molar-refractivity contribution in [3.63, 3.8) is 0 Å². The minimum Gasteiger partial charge on any atom is -0.330 e. The van der Waals surface area contributed by atoms with Crippen LogP contribution in [0.5, 0.6) is 0 Å². The van der Waals surface area contributed by atoms with Crippen molar-refractivity contribution in [1.29, 1.82) is 0 Å². The van der Waals surface area contributed by atoms with Gasteiger partial charge in [0.25, 0.3) is 0 Å². The lowest BCUT2D eigenvalue weighted by molar-refractivity contribution is 0.517. The van der Waals surface area contributed by atoms with Gasteiger partial charge in [-0.3, -0.25) is 0 Å². The Morgan fingerprint density at radius 1 is 1.40 bits per heavy atom. The molecule has 3 rings (SSSR count). The van der Waals surface area contributed by atoms with E-state index in [1.165, 1.54) is 24.1 Å². The van der Waals surface area contributed by atoms with Crippen molar-refractivity contribution in [2.24, 2.45) is 5.73 Å². The molecule has 0 amide bonds. The third-order valence-electron chi connectivity index (χ3n) is 4.18. The minimum absolute atomic E-state index is 0.556. The van der Waals surface area contributed by atoms with E-state index < -0.39 is 0 Å². The molecule has 1 heterocycles. The van der Waals surface area contributed by atoms with Crippen molar-refractivity contribution in [2.45, 2.75) is 38.5 Å². The summed E-state index contributed by atoms with van der Waals surface area (Å²) in [5.74, 6) is 0.556. The summed E-state index contributed by atoms with van der Waals surface area (Å²) in [5, 5.41) is 5.50. The van der Waals surface area contributed by atoms with E-state index in [0.29, 0.717) is 5.92 Å². The molecular formula is C16H20ClN3. The van der Waals surface area contributed by atoms with Crippen LogP contribution in [-0.4, -0.2) is 16.3 Å². The lowest BCUT2D eigenvalue weighted by atomic mass is 9.83. The molecule has 2 N–H and O–H groups in total. The number of para-hydroxylation sites is 1. The average molecular weight is 290 g/mol. The maximum Gasteiger partial charge on any atom is 0.0835 e. The Bertz CT molecular complexity index is 618. The summed E-state index contributed by atoms with van der Waals surface area (Å²) in [6.07, 6.45) is 4.54. The number of hydrogen-bond acceptors (Lipinski definition) is 2. The molecule has 3 nitrogen and oxygen atoms in total. The molecule has 106 valence electrons. The fourth-order valence-electron chi connectivity index (χ4n) is 3.33. The monoisotopic (exact) mass is 289 g/mol.